The number of guanidine groups is 1. The number of rotatable bonds is 7. The van der Waals surface area contributed by atoms with Crippen LogP contribution in [0.15, 0.2) is 15.6 Å². The maximum Gasteiger partial charge on any atom is 0.407 e. The van der Waals surface area contributed by atoms with Crippen LogP contribution in [0.25, 0.3) is 0 Å². The number of aliphatic imine (C=N–C) groups is 1. The Morgan fingerprint density at radius 3 is 2.54 bits per heavy atom. The van der Waals surface area contributed by atoms with E-state index in [0.29, 0.717) is 25.6 Å². The molecule has 3 N–H and O–H groups in total. The highest BCUT2D eigenvalue weighted by Gasteiger charge is 2.15. The fourth-order valence-electron chi connectivity index (χ4n) is 1.76. The van der Waals surface area contributed by atoms with Crippen molar-refractivity contribution in [1.82, 2.24) is 21.1 Å². The van der Waals surface area contributed by atoms with Gasteiger partial charge in [0.25, 0.3) is 0 Å². The van der Waals surface area contributed by atoms with Crippen molar-refractivity contribution in [3.05, 3.63) is 17.5 Å². The summed E-state index contributed by atoms with van der Waals surface area (Å²) < 4.78 is 10.4. The molecule has 1 aromatic heterocycles. The van der Waals surface area contributed by atoms with E-state index in [1.165, 1.54) is 0 Å². The molecule has 0 radical (unpaired) electrons. The second-order valence-corrected chi connectivity index (χ2v) is 6.19. The molecule has 0 aliphatic rings. The molecule has 136 valence electrons. The Balaban J connectivity index is 2.37. The monoisotopic (exact) mass is 339 g/mol. The standard InChI is InChI=1S/C16H29N5O3/c1-6-12-10-13(24-21-12)11-20-14(17-7-2)18-8-9-19-15(22)23-16(3,4)5/h10H,6-9,11H2,1-5H3,(H,19,22)(H2,17,18,20). The summed E-state index contributed by atoms with van der Waals surface area (Å²) in [5.41, 5.74) is 0.419. The summed E-state index contributed by atoms with van der Waals surface area (Å²) in [5, 5.41) is 12.9. The molecule has 1 amide bonds. The van der Waals surface area contributed by atoms with E-state index in [2.05, 4.69) is 26.1 Å². The second-order valence-electron chi connectivity index (χ2n) is 6.19. The third-order valence-electron chi connectivity index (χ3n) is 2.79. The van der Waals surface area contributed by atoms with Gasteiger partial charge in [0.15, 0.2) is 11.7 Å². The quantitative estimate of drug-likeness (QED) is 0.398. The first-order valence-corrected chi connectivity index (χ1v) is 8.27. The van der Waals surface area contributed by atoms with Crippen LogP contribution in [0.1, 0.15) is 46.1 Å². The van der Waals surface area contributed by atoms with Crippen LogP contribution in [0.2, 0.25) is 0 Å². The van der Waals surface area contributed by atoms with Crippen LogP contribution in [-0.2, 0) is 17.7 Å². The number of nitrogens with zero attached hydrogens (tertiary/aromatic N) is 2. The molecule has 0 aromatic carbocycles. The summed E-state index contributed by atoms with van der Waals surface area (Å²) >= 11 is 0. The van der Waals surface area contributed by atoms with Crippen molar-refractivity contribution in [2.75, 3.05) is 19.6 Å². The number of aromatic nitrogens is 1. The number of hydrogen-bond donors (Lipinski definition) is 3. The molecule has 0 fully saturated rings. The average molecular weight is 339 g/mol. The fourth-order valence-corrected chi connectivity index (χ4v) is 1.76. The van der Waals surface area contributed by atoms with Gasteiger partial charge in [-0.15, -0.1) is 0 Å². The van der Waals surface area contributed by atoms with Gasteiger partial charge in [0.1, 0.15) is 12.1 Å². The SMILES string of the molecule is CCNC(=NCc1cc(CC)no1)NCCNC(=O)OC(C)(C)C. The summed E-state index contributed by atoms with van der Waals surface area (Å²) in [4.78, 5) is 16.0. The van der Waals surface area contributed by atoms with E-state index in [1.807, 2.05) is 40.7 Å². The van der Waals surface area contributed by atoms with Crippen LogP contribution in [0.5, 0.6) is 0 Å². The van der Waals surface area contributed by atoms with Gasteiger partial charge >= 0.3 is 6.09 Å². The van der Waals surface area contributed by atoms with Crippen molar-refractivity contribution in [1.29, 1.82) is 0 Å². The van der Waals surface area contributed by atoms with Gasteiger partial charge in [-0.1, -0.05) is 12.1 Å². The molecule has 24 heavy (non-hydrogen) atoms. The minimum atomic E-state index is -0.498. The van der Waals surface area contributed by atoms with Gasteiger partial charge in [-0.05, 0) is 34.1 Å². The van der Waals surface area contributed by atoms with Gasteiger partial charge in [0.05, 0.1) is 5.69 Å². The second kappa shape index (κ2) is 9.79. The molecule has 0 aliphatic carbocycles. The van der Waals surface area contributed by atoms with E-state index in [9.17, 15) is 4.79 Å². The zero-order valence-corrected chi connectivity index (χ0v) is 15.2. The smallest absolute Gasteiger partial charge is 0.407 e. The number of amides is 1. The Bertz CT molecular complexity index is 534. The van der Waals surface area contributed by atoms with Gasteiger partial charge in [0, 0.05) is 25.7 Å². The topological polar surface area (TPSA) is 101 Å². The first-order valence-electron chi connectivity index (χ1n) is 8.27. The third-order valence-corrected chi connectivity index (χ3v) is 2.79. The molecule has 1 rings (SSSR count). The van der Waals surface area contributed by atoms with Crippen LogP contribution in [0.4, 0.5) is 4.79 Å². The molecule has 0 saturated heterocycles. The summed E-state index contributed by atoms with van der Waals surface area (Å²) in [6.45, 7) is 11.6. The Labute approximate surface area is 143 Å². The number of carbonyl (C=O) groups is 1. The van der Waals surface area contributed by atoms with Crippen molar-refractivity contribution in [3.8, 4) is 0 Å². The van der Waals surface area contributed by atoms with E-state index < -0.39 is 11.7 Å². The summed E-state index contributed by atoms with van der Waals surface area (Å²) in [7, 11) is 0. The summed E-state index contributed by atoms with van der Waals surface area (Å²) in [6, 6.07) is 1.90. The number of hydrogen-bond acceptors (Lipinski definition) is 5. The van der Waals surface area contributed by atoms with Crippen molar-refractivity contribution >= 4 is 12.1 Å². The largest absolute Gasteiger partial charge is 0.444 e. The Morgan fingerprint density at radius 1 is 1.25 bits per heavy atom. The molecule has 1 aromatic rings. The minimum absolute atomic E-state index is 0.405. The zero-order chi connectivity index (χ0) is 18.0. The van der Waals surface area contributed by atoms with Crippen molar-refractivity contribution in [3.63, 3.8) is 0 Å². The van der Waals surface area contributed by atoms with Crippen molar-refractivity contribution < 1.29 is 14.1 Å². The van der Waals surface area contributed by atoms with E-state index in [4.69, 9.17) is 9.26 Å². The van der Waals surface area contributed by atoms with Crippen LogP contribution >= 0.6 is 0 Å². The highest BCUT2D eigenvalue weighted by atomic mass is 16.6. The average Bonchev–Trinajstić information content (AvgIpc) is 2.95. The number of aryl methyl sites for hydroxylation is 1. The lowest BCUT2D eigenvalue weighted by atomic mass is 10.2. The van der Waals surface area contributed by atoms with Crippen LogP contribution in [0, 0.1) is 0 Å². The molecule has 0 bridgehead atoms. The van der Waals surface area contributed by atoms with E-state index >= 15 is 0 Å². The van der Waals surface area contributed by atoms with Crippen LogP contribution in [-0.4, -0.2) is 42.4 Å². The maximum absolute atomic E-state index is 11.5. The number of alkyl carbamates (subject to hydrolysis) is 1. The lowest BCUT2D eigenvalue weighted by Crippen LogP contribution is -2.42. The van der Waals surface area contributed by atoms with Crippen molar-refractivity contribution in [2.24, 2.45) is 4.99 Å². The molecular formula is C16H29N5O3. The predicted octanol–water partition coefficient (Wildman–Crippen LogP) is 1.82. The van der Waals surface area contributed by atoms with E-state index in [0.717, 1.165) is 24.4 Å². The Kier molecular flexibility index (Phi) is 8.08. The van der Waals surface area contributed by atoms with Gasteiger partial charge in [-0.25, -0.2) is 9.79 Å². The number of carbonyl (C=O) groups excluding carboxylic acids is 1. The van der Waals surface area contributed by atoms with Crippen LogP contribution < -0.4 is 16.0 Å². The molecule has 0 atom stereocenters. The molecule has 8 nitrogen and oxygen atoms in total. The Hall–Kier alpha value is -2.25. The van der Waals surface area contributed by atoms with Crippen LogP contribution in [0.3, 0.4) is 0 Å². The summed E-state index contributed by atoms with van der Waals surface area (Å²) in [6.07, 6.45) is 0.405. The molecule has 1 heterocycles. The highest BCUT2D eigenvalue weighted by molar-refractivity contribution is 5.79. The lowest BCUT2D eigenvalue weighted by molar-refractivity contribution is 0.0529. The van der Waals surface area contributed by atoms with Crippen molar-refractivity contribution in [2.45, 2.75) is 53.2 Å². The zero-order valence-electron chi connectivity index (χ0n) is 15.2. The maximum atomic E-state index is 11.5. The lowest BCUT2D eigenvalue weighted by Gasteiger charge is -2.19. The minimum Gasteiger partial charge on any atom is -0.444 e. The van der Waals surface area contributed by atoms with Gasteiger partial charge < -0.3 is 25.2 Å². The fraction of sp³-hybridized carbons (Fsp3) is 0.688. The molecule has 0 unspecified atom stereocenters. The molecule has 0 aliphatic heterocycles. The van der Waals surface area contributed by atoms with Gasteiger partial charge in [0.2, 0.25) is 0 Å². The molecular weight excluding hydrogens is 310 g/mol. The first kappa shape index (κ1) is 19.8. The highest BCUT2D eigenvalue weighted by Crippen LogP contribution is 2.06. The van der Waals surface area contributed by atoms with Gasteiger partial charge in [-0.2, -0.15) is 0 Å². The molecule has 8 heteroatoms. The van der Waals surface area contributed by atoms with Gasteiger partial charge in [-0.3, -0.25) is 0 Å². The molecule has 0 saturated carbocycles. The van der Waals surface area contributed by atoms with E-state index in [-0.39, 0.29) is 0 Å². The number of ether oxygens (including phenoxy) is 1. The van der Waals surface area contributed by atoms with E-state index in [1.54, 1.807) is 0 Å². The Morgan fingerprint density at radius 2 is 1.96 bits per heavy atom. The summed E-state index contributed by atoms with van der Waals surface area (Å²) in [5.74, 6) is 1.37. The predicted molar refractivity (Wildman–Crippen MR) is 92.9 cm³/mol. The normalized spacial score (nSPS) is 12.0. The number of nitrogens with one attached hydrogen (secondary N) is 3. The molecule has 0 spiro atoms. The first-order chi connectivity index (χ1) is 11.3. The third kappa shape index (κ3) is 8.40.